The van der Waals surface area contributed by atoms with E-state index >= 15 is 0 Å². The third-order valence-electron chi connectivity index (χ3n) is 5.28. The van der Waals surface area contributed by atoms with Crippen LogP contribution in [0.2, 0.25) is 0 Å². The SMILES string of the molecule is CCNC(=NCCN1C(=O)CCCC1=O)NC1CCN(c2ccccc2)CC1.I. The normalized spacial score (nSPS) is 18.4. The zero-order chi connectivity index (χ0) is 19.8. The van der Waals surface area contributed by atoms with Crippen LogP contribution in [-0.4, -0.2) is 61.4 Å². The number of piperidine rings is 2. The van der Waals surface area contributed by atoms with Crippen molar-refractivity contribution < 1.29 is 9.59 Å². The first-order chi connectivity index (χ1) is 13.7. The van der Waals surface area contributed by atoms with Gasteiger partial charge in [0.25, 0.3) is 0 Å². The fourth-order valence-corrected chi connectivity index (χ4v) is 3.75. The number of carbonyl (C=O) groups excluding carboxylic acids is 2. The summed E-state index contributed by atoms with van der Waals surface area (Å²) >= 11 is 0. The highest BCUT2D eigenvalue weighted by atomic mass is 127. The summed E-state index contributed by atoms with van der Waals surface area (Å²) in [5, 5.41) is 6.78. The van der Waals surface area contributed by atoms with Crippen molar-refractivity contribution in [3.8, 4) is 0 Å². The number of guanidine groups is 1. The third-order valence-corrected chi connectivity index (χ3v) is 5.28. The molecule has 2 saturated heterocycles. The molecule has 0 unspecified atom stereocenters. The molecule has 1 aromatic carbocycles. The molecule has 2 aliphatic rings. The van der Waals surface area contributed by atoms with Crippen LogP contribution in [-0.2, 0) is 9.59 Å². The number of anilines is 1. The summed E-state index contributed by atoms with van der Waals surface area (Å²) in [4.78, 5) is 32.1. The van der Waals surface area contributed by atoms with Gasteiger partial charge in [-0.2, -0.15) is 0 Å². The maximum atomic E-state index is 11.9. The summed E-state index contributed by atoms with van der Waals surface area (Å²) in [6.45, 7) is 5.62. The Labute approximate surface area is 190 Å². The van der Waals surface area contributed by atoms with Gasteiger partial charge in [-0.25, -0.2) is 0 Å². The van der Waals surface area contributed by atoms with Gasteiger partial charge in [0.15, 0.2) is 5.96 Å². The number of halogens is 1. The van der Waals surface area contributed by atoms with Crippen LogP contribution < -0.4 is 15.5 Å². The first kappa shape index (κ1) is 23.4. The standard InChI is InChI=1S/C21H31N5O2.HI/c1-2-22-21(23-13-16-26-19(27)9-6-10-20(26)28)24-17-11-14-25(15-12-17)18-7-4-3-5-8-18;/h3-5,7-8,17H,2,6,9-16H2,1H3,(H2,22,23,24);1H. The molecule has 0 bridgehead atoms. The fourth-order valence-electron chi connectivity index (χ4n) is 3.75. The second kappa shape index (κ2) is 12.0. The van der Waals surface area contributed by atoms with Crippen LogP contribution in [0.25, 0.3) is 0 Å². The average Bonchev–Trinajstić information content (AvgIpc) is 2.71. The number of hydrogen-bond donors (Lipinski definition) is 2. The number of amides is 2. The Morgan fingerprint density at radius 3 is 2.38 bits per heavy atom. The van der Waals surface area contributed by atoms with Crippen LogP contribution in [0, 0.1) is 0 Å². The Balaban J connectivity index is 0.00000300. The van der Waals surface area contributed by atoms with Gasteiger partial charge in [-0.1, -0.05) is 18.2 Å². The van der Waals surface area contributed by atoms with Crippen LogP contribution in [0.4, 0.5) is 5.69 Å². The Hall–Kier alpha value is -1.84. The molecule has 0 spiro atoms. The molecule has 3 rings (SSSR count). The zero-order valence-electron chi connectivity index (χ0n) is 17.1. The van der Waals surface area contributed by atoms with Crippen molar-refractivity contribution >= 4 is 47.4 Å². The first-order valence-corrected chi connectivity index (χ1v) is 10.4. The summed E-state index contributed by atoms with van der Waals surface area (Å²) in [7, 11) is 0. The second-order valence-corrected chi connectivity index (χ2v) is 7.29. The Morgan fingerprint density at radius 1 is 1.10 bits per heavy atom. The summed E-state index contributed by atoms with van der Waals surface area (Å²) in [6, 6.07) is 10.9. The van der Waals surface area contributed by atoms with E-state index in [1.165, 1.54) is 10.6 Å². The van der Waals surface area contributed by atoms with Crippen molar-refractivity contribution in [2.24, 2.45) is 4.99 Å². The number of para-hydroxylation sites is 1. The molecule has 2 fully saturated rings. The lowest BCUT2D eigenvalue weighted by Gasteiger charge is -2.34. The van der Waals surface area contributed by atoms with E-state index in [2.05, 4.69) is 44.8 Å². The Morgan fingerprint density at radius 2 is 1.76 bits per heavy atom. The lowest BCUT2D eigenvalue weighted by Crippen LogP contribution is -2.49. The molecule has 160 valence electrons. The summed E-state index contributed by atoms with van der Waals surface area (Å²) in [5.41, 5.74) is 1.28. The minimum atomic E-state index is -0.0716. The van der Waals surface area contributed by atoms with E-state index in [4.69, 9.17) is 0 Å². The number of carbonyl (C=O) groups is 2. The van der Waals surface area contributed by atoms with Gasteiger partial charge < -0.3 is 15.5 Å². The molecule has 2 heterocycles. The molecule has 0 saturated carbocycles. The second-order valence-electron chi connectivity index (χ2n) is 7.29. The largest absolute Gasteiger partial charge is 0.371 e. The van der Waals surface area contributed by atoms with Gasteiger partial charge in [0, 0.05) is 50.7 Å². The monoisotopic (exact) mass is 513 g/mol. The Kier molecular flexibility index (Phi) is 9.69. The van der Waals surface area contributed by atoms with Crippen LogP contribution in [0.3, 0.4) is 0 Å². The van der Waals surface area contributed by atoms with Gasteiger partial charge in [0.2, 0.25) is 11.8 Å². The van der Waals surface area contributed by atoms with E-state index in [0.29, 0.717) is 38.4 Å². The fraction of sp³-hybridized carbons (Fsp3) is 0.571. The van der Waals surface area contributed by atoms with E-state index in [1.807, 2.05) is 13.0 Å². The molecular formula is C21H32IN5O2. The lowest BCUT2D eigenvalue weighted by atomic mass is 10.0. The zero-order valence-corrected chi connectivity index (χ0v) is 19.4. The first-order valence-electron chi connectivity index (χ1n) is 10.4. The molecule has 0 atom stereocenters. The van der Waals surface area contributed by atoms with Gasteiger partial charge in [-0.05, 0) is 38.3 Å². The minimum absolute atomic E-state index is 0. The molecule has 0 aliphatic carbocycles. The predicted molar refractivity (Wildman–Crippen MR) is 127 cm³/mol. The maximum absolute atomic E-state index is 11.9. The van der Waals surface area contributed by atoms with Gasteiger partial charge in [0.05, 0.1) is 6.54 Å². The van der Waals surface area contributed by atoms with Crippen LogP contribution in [0.1, 0.15) is 39.0 Å². The van der Waals surface area contributed by atoms with Crippen LogP contribution in [0.15, 0.2) is 35.3 Å². The smallest absolute Gasteiger partial charge is 0.229 e. The number of imide groups is 1. The van der Waals surface area contributed by atoms with Crippen molar-refractivity contribution in [2.75, 3.05) is 37.6 Å². The van der Waals surface area contributed by atoms with Gasteiger partial charge in [0.1, 0.15) is 0 Å². The maximum Gasteiger partial charge on any atom is 0.229 e. The van der Waals surface area contributed by atoms with E-state index in [-0.39, 0.29) is 35.8 Å². The minimum Gasteiger partial charge on any atom is -0.371 e. The van der Waals surface area contributed by atoms with Gasteiger partial charge >= 0.3 is 0 Å². The van der Waals surface area contributed by atoms with E-state index < -0.39 is 0 Å². The molecule has 1 aromatic rings. The molecule has 0 radical (unpaired) electrons. The molecule has 2 amide bonds. The number of nitrogens with zero attached hydrogens (tertiary/aromatic N) is 3. The van der Waals surface area contributed by atoms with E-state index in [0.717, 1.165) is 38.4 Å². The average molecular weight is 513 g/mol. The van der Waals surface area contributed by atoms with Crippen molar-refractivity contribution in [1.29, 1.82) is 0 Å². The topological polar surface area (TPSA) is 77.0 Å². The molecule has 7 nitrogen and oxygen atoms in total. The molecule has 8 heteroatoms. The molecular weight excluding hydrogens is 481 g/mol. The molecule has 2 aliphatic heterocycles. The summed E-state index contributed by atoms with van der Waals surface area (Å²) in [5.74, 6) is 0.618. The molecule has 2 N–H and O–H groups in total. The number of hydrogen-bond acceptors (Lipinski definition) is 4. The lowest BCUT2D eigenvalue weighted by molar-refractivity contribution is -0.147. The number of benzene rings is 1. The highest BCUT2D eigenvalue weighted by Crippen LogP contribution is 2.19. The van der Waals surface area contributed by atoms with Crippen molar-refractivity contribution in [3.05, 3.63) is 30.3 Å². The summed E-state index contributed by atoms with van der Waals surface area (Å²) < 4.78 is 0. The number of rotatable bonds is 6. The quantitative estimate of drug-likeness (QED) is 0.265. The van der Waals surface area contributed by atoms with Crippen LogP contribution in [0.5, 0.6) is 0 Å². The highest BCUT2D eigenvalue weighted by molar-refractivity contribution is 14.0. The van der Waals surface area contributed by atoms with E-state index in [1.54, 1.807) is 0 Å². The van der Waals surface area contributed by atoms with Crippen molar-refractivity contribution in [2.45, 2.75) is 45.1 Å². The van der Waals surface area contributed by atoms with Crippen molar-refractivity contribution in [3.63, 3.8) is 0 Å². The number of aliphatic imine (C=N–C) groups is 1. The number of nitrogens with one attached hydrogen (secondary N) is 2. The van der Waals surface area contributed by atoms with E-state index in [9.17, 15) is 9.59 Å². The van der Waals surface area contributed by atoms with Crippen molar-refractivity contribution in [1.82, 2.24) is 15.5 Å². The van der Waals surface area contributed by atoms with Gasteiger partial charge in [-0.15, -0.1) is 24.0 Å². The summed E-state index contributed by atoms with van der Waals surface area (Å²) in [6.07, 6.45) is 3.69. The number of likely N-dealkylation sites (tertiary alicyclic amines) is 1. The highest BCUT2D eigenvalue weighted by Gasteiger charge is 2.25. The molecule has 0 aromatic heterocycles. The van der Waals surface area contributed by atoms with Gasteiger partial charge in [-0.3, -0.25) is 19.5 Å². The molecule has 29 heavy (non-hydrogen) atoms. The third kappa shape index (κ3) is 6.87. The van der Waals surface area contributed by atoms with Crippen LogP contribution >= 0.6 is 24.0 Å². The predicted octanol–water partition coefficient (Wildman–Crippen LogP) is 2.37. The Bertz CT molecular complexity index is 674.